The van der Waals surface area contributed by atoms with E-state index >= 15 is 0 Å². The molecule has 2 aromatic rings. The van der Waals surface area contributed by atoms with E-state index in [1.807, 2.05) is 18.7 Å². The van der Waals surface area contributed by atoms with Gasteiger partial charge >= 0.3 is 0 Å². The van der Waals surface area contributed by atoms with Crippen LogP contribution in [0.3, 0.4) is 0 Å². The lowest BCUT2D eigenvalue weighted by molar-refractivity contribution is 0.381. The predicted octanol–water partition coefficient (Wildman–Crippen LogP) is 3.47. The number of guanidine groups is 1. The van der Waals surface area contributed by atoms with Crippen molar-refractivity contribution in [1.29, 1.82) is 0 Å². The first-order valence-electron chi connectivity index (χ1n) is 9.84. The SMILES string of the molecule is CCNC(=NCc1ccc(Cn2ccnc2)cc1)N1CCSC(C(C)C)C1. The van der Waals surface area contributed by atoms with Crippen molar-refractivity contribution >= 4 is 17.7 Å². The minimum atomic E-state index is 0.685. The molecular weight excluding hydrogens is 354 g/mol. The van der Waals surface area contributed by atoms with Gasteiger partial charge < -0.3 is 14.8 Å². The maximum Gasteiger partial charge on any atom is 0.194 e. The normalized spacial score (nSPS) is 18.1. The third-order valence-corrected chi connectivity index (χ3v) is 6.37. The van der Waals surface area contributed by atoms with E-state index in [0.717, 1.165) is 32.1 Å². The lowest BCUT2D eigenvalue weighted by Crippen LogP contribution is -2.49. The maximum absolute atomic E-state index is 4.91. The van der Waals surface area contributed by atoms with Crippen molar-refractivity contribution in [2.24, 2.45) is 10.9 Å². The second-order valence-corrected chi connectivity index (χ2v) is 8.67. The summed E-state index contributed by atoms with van der Waals surface area (Å²) in [4.78, 5) is 11.4. The summed E-state index contributed by atoms with van der Waals surface area (Å²) in [6.45, 7) is 11.4. The molecule has 27 heavy (non-hydrogen) atoms. The first kappa shape index (κ1) is 19.8. The maximum atomic E-state index is 4.91. The average Bonchev–Trinajstić information content (AvgIpc) is 3.19. The molecule has 1 aromatic heterocycles. The summed E-state index contributed by atoms with van der Waals surface area (Å²) in [6, 6.07) is 8.73. The van der Waals surface area contributed by atoms with Crippen LogP contribution in [0.25, 0.3) is 0 Å². The summed E-state index contributed by atoms with van der Waals surface area (Å²) in [5, 5.41) is 4.16. The van der Waals surface area contributed by atoms with Gasteiger partial charge in [0, 0.05) is 49.6 Å². The summed E-state index contributed by atoms with van der Waals surface area (Å²) in [5.41, 5.74) is 2.52. The van der Waals surface area contributed by atoms with Gasteiger partial charge in [0.25, 0.3) is 0 Å². The van der Waals surface area contributed by atoms with Crippen molar-refractivity contribution in [3.63, 3.8) is 0 Å². The molecule has 2 heterocycles. The van der Waals surface area contributed by atoms with Crippen LogP contribution in [0.4, 0.5) is 0 Å². The van der Waals surface area contributed by atoms with E-state index in [0.29, 0.717) is 17.7 Å². The fourth-order valence-corrected chi connectivity index (χ4v) is 4.50. The molecule has 1 N–H and O–H groups in total. The highest BCUT2D eigenvalue weighted by Gasteiger charge is 2.24. The highest BCUT2D eigenvalue weighted by Crippen LogP contribution is 2.25. The first-order chi connectivity index (χ1) is 13.2. The van der Waals surface area contributed by atoms with Gasteiger partial charge in [-0.1, -0.05) is 38.1 Å². The quantitative estimate of drug-likeness (QED) is 0.611. The van der Waals surface area contributed by atoms with E-state index in [4.69, 9.17) is 4.99 Å². The molecule has 1 unspecified atom stereocenters. The highest BCUT2D eigenvalue weighted by molar-refractivity contribution is 8.00. The summed E-state index contributed by atoms with van der Waals surface area (Å²) in [6.07, 6.45) is 5.65. The third-order valence-electron chi connectivity index (χ3n) is 4.83. The average molecular weight is 386 g/mol. The molecule has 1 atom stereocenters. The third kappa shape index (κ3) is 5.76. The lowest BCUT2D eigenvalue weighted by atomic mass is 10.1. The van der Waals surface area contributed by atoms with E-state index in [-0.39, 0.29) is 0 Å². The van der Waals surface area contributed by atoms with Gasteiger partial charge in [-0.2, -0.15) is 11.8 Å². The van der Waals surface area contributed by atoms with Crippen LogP contribution in [-0.2, 0) is 13.1 Å². The van der Waals surface area contributed by atoms with Crippen LogP contribution in [-0.4, -0.2) is 51.0 Å². The van der Waals surface area contributed by atoms with Crippen molar-refractivity contribution in [3.8, 4) is 0 Å². The molecule has 1 aromatic carbocycles. The summed E-state index contributed by atoms with van der Waals surface area (Å²) >= 11 is 2.10. The molecule has 0 amide bonds. The zero-order valence-corrected chi connectivity index (χ0v) is 17.5. The Bertz CT molecular complexity index is 709. The van der Waals surface area contributed by atoms with Crippen molar-refractivity contribution in [2.75, 3.05) is 25.4 Å². The molecule has 3 rings (SSSR count). The molecule has 1 fully saturated rings. The summed E-state index contributed by atoms with van der Waals surface area (Å²) < 4.78 is 2.08. The van der Waals surface area contributed by atoms with Gasteiger partial charge in [0.15, 0.2) is 5.96 Å². The van der Waals surface area contributed by atoms with Crippen LogP contribution >= 0.6 is 11.8 Å². The molecule has 0 aliphatic carbocycles. The van der Waals surface area contributed by atoms with Gasteiger partial charge in [-0.15, -0.1) is 0 Å². The van der Waals surface area contributed by atoms with Crippen LogP contribution in [0.5, 0.6) is 0 Å². The molecule has 0 radical (unpaired) electrons. The standard InChI is InChI=1S/C21H31N5S/c1-4-23-21(26-11-12-27-20(15-26)17(2)3)24-13-18-5-7-19(8-6-18)14-25-10-9-22-16-25/h5-10,16-17,20H,4,11-15H2,1-3H3,(H,23,24). The van der Waals surface area contributed by atoms with Gasteiger partial charge in [-0.3, -0.25) is 0 Å². The summed E-state index contributed by atoms with van der Waals surface area (Å²) in [5.74, 6) is 2.92. The number of aliphatic imine (C=N–C) groups is 1. The second-order valence-electron chi connectivity index (χ2n) is 7.32. The molecule has 5 nitrogen and oxygen atoms in total. The molecular formula is C21H31N5S. The monoisotopic (exact) mass is 385 g/mol. The van der Waals surface area contributed by atoms with E-state index in [2.05, 4.69) is 76.6 Å². The Labute approximate surface area is 167 Å². The Balaban J connectivity index is 1.62. The van der Waals surface area contributed by atoms with Gasteiger partial charge in [0.05, 0.1) is 12.9 Å². The Morgan fingerprint density at radius 2 is 2.07 bits per heavy atom. The Morgan fingerprint density at radius 3 is 2.74 bits per heavy atom. The number of hydrogen-bond donors (Lipinski definition) is 1. The number of rotatable bonds is 6. The number of thioether (sulfide) groups is 1. The predicted molar refractivity (Wildman–Crippen MR) is 115 cm³/mol. The van der Waals surface area contributed by atoms with Crippen LogP contribution in [0.1, 0.15) is 31.9 Å². The highest BCUT2D eigenvalue weighted by atomic mass is 32.2. The first-order valence-corrected chi connectivity index (χ1v) is 10.9. The van der Waals surface area contributed by atoms with E-state index in [9.17, 15) is 0 Å². The molecule has 0 spiro atoms. The number of nitrogens with one attached hydrogen (secondary N) is 1. The molecule has 1 saturated heterocycles. The molecule has 1 aliphatic heterocycles. The Hall–Kier alpha value is -1.95. The zero-order valence-electron chi connectivity index (χ0n) is 16.6. The van der Waals surface area contributed by atoms with Crippen molar-refractivity contribution in [2.45, 2.75) is 39.1 Å². The fraction of sp³-hybridized carbons (Fsp3) is 0.524. The van der Waals surface area contributed by atoms with Gasteiger partial charge in [0.2, 0.25) is 0 Å². The largest absolute Gasteiger partial charge is 0.357 e. The smallest absolute Gasteiger partial charge is 0.194 e. The zero-order chi connectivity index (χ0) is 19.1. The van der Waals surface area contributed by atoms with Crippen LogP contribution in [0.15, 0.2) is 48.0 Å². The number of aromatic nitrogens is 2. The van der Waals surface area contributed by atoms with Crippen LogP contribution < -0.4 is 5.32 Å². The van der Waals surface area contributed by atoms with Gasteiger partial charge in [-0.25, -0.2) is 9.98 Å². The molecule has 1 aliphatic rings. The van der Waals surface area contributed by atoms with Crippen molar-refractivity contribution < 1.29 is 0 Å². The van der Waals surface area contributed by atoms with Crippen molar-refractivity contribution in [1.82, 2.24) is 19.8 Å². The summed E-state index contributed by atoms with van der Waals surface area (Å²) in [7, 11) is 0. The topological polar surface area (TPSA) is 45.5 Å². The molecule has 0 saturated carbocycles. The molecule has 146 valence electrons. The Kier molecular flexibility index (Phi) is 7.21. The fourth-order valence-electron chi connectivity index (χ4n) is 3.20. The van der Waals surface area contributed by atoms with Gasteiger partial charge in [-0.05, 0) is 24.0 Å². The van der Waals surface area contributed by atoms with Gasteiger partial charge in [0.1, 0.15) is 0 Å². The molecule has 0 bridgehead atoms. The Morgan fingerprint density at radius 1 is 1.30 bits per heavy atom. The van der Waals surface area contributed by atoms with E-state index in [1.165, 1.54) is 16.9 Å². The van der Waals surface area contributed by atoms with Crippen molar-refractivity contribution in [3.05, 3.63) is 54.1 Å². The molecule has 6 heteroatoms. The number of benzene rings is 1. The van der Waals surface area contributed by atoms with E-state index < -0.39 is 0 Å². The minimum absolute atomic E-state index is 0.685. The van der Waals surface area contributed by atoms with Crippen LogP contribution in [0.2, 0.25) is 0 Å². The number of nitrogens with zero attached hydrogens (tertiary/aromatic N) is 4. The minimum Gasteiger partial charge on any atom is -0.357 e. The lowest BCUT2D eigenvalue weighted by Gasteiger charge is -2.36. The number of imidazole rings is 1. The number of hydrogen-bond acceptors (Lipinski definition) is 3. The van der Waals surface area contributed by atoms with E-state index in [1.54, 1.807) is 0 Å². The second kappa shape index (κ2) is 9.83. The van der Waals surface area contributed by atoms with Crippen LogP contribution in [0, 0.1) is 5.92 Å².